The molecule has 1 saturated carbocycles. The number of rotatable bonds is 6. The van der Waals surface area contributed by atoms with Crippen molar-refractivity contribution in [1.82, 2.24) is 10.2 Å². The van der Waals surface area contributed by atoms with Crippen molar-refractivity contribution in [3.8, 4) is 0 Å². The lowest BCUT2D eigenvalue weighted by molar-refractivity contribution is -0.139. The second kappa shape index (κ2) is 6.53. The number of piperidine rings is 1. The third-order valence-electron chi connectivity index (χ3n) is 4.41. The van der Waals surface area contributed by atoms with Crippen molar-refractivity contribution >= 4 is 5.97 Å². The van der Waals surface area contributed by atoms with E-state index in [4.69, 9.17) is 5.11 Å². The van der Waals surface area contributed by atoms with Crippen LogP contribution >= 0.6 is 0 Å². The molecule has 2 bridgehead atoms. The van der Waals surface area contributed by atoms with Crippen LogP contribution in [0.1, 0.15) is 39.0 Å². The van der Waals surface area contributed by atoms with Gasteiger partial charge in [0.1, 0.15) is 6.04 Å². The van der Waals surface area contributed by atoms with Crippen molar-refractivity contribution in [3.63, 3.8) is 0 Å². The molecule has 4 heteroatoms. The Labute approximate surface area is 110 Å². The van der Waals surface area contributed by atoms with Gasteiger partial charge in [-0.25, -0.2) is 0 Å². The summed E-state index contributed by atoms with van der Waals surface area (Å²) in [5.41, 5.74) is 0. The van der Waals surface area contributed by atoms with Crippen LogP contribution in [-0.4, -0.2) is 48.2 Å². The van der Waals surface area contributed by atoms with Gasteiger partial charge in [-0.1, -0.05) is 13.3 Å². The van der Waals surface area contributed by atoms with Gasteiger partial charge in [-0.05, 0) is 44.1 Å². The quantitative estimate of drug-likeness (QED) is 0.755. The summed E-state index contributed by atoms with van der Waals surface area (Å²) in [6.45, 7) is 5.99. The second-order valence-corrected chi connectivity index (χ2v) is 5.90. The highest BCUT2D eigenvalue weighted by Crippen LogP contribution is 2.34. The van der Waals surface area contributed by atoms with Gasteiger partial charge in [-0.15, -0.1) is 0 Å². The maximum Gasteiger partial charge on any atom is 0.320 e. The topological polar surface area (TPSA) is 52.6 Å². The lowest BCUT2D eigenvalue weighted by Crippen LogP contribution is -2.45. The summed E-state index contributed by atoms with van der Waals surface area (Å²) in [6, 6.07) is -0.378. The first-order chi connectivity index (χ1) is 8.69. The maximum atomic E-state index is 11.1. The predicted molar refractivity (Wildman–Crippen MR) is 71.6 cm³/mol. The third kappa shape index (κ3) is 3.69. The summed E-state index contributed by atoms with van der Waals surface area (Å²) < 4.78 is 0. The first-order valence-corrected chi connectivity index (χ1v) is 7.37. The Hall–Kier alpha value is -0.610. The summed E-state index contributed by atoms with van der Waals surface area (Å²) in [6.07, 6.45) is 6.29. The van der Waals surface area contributed by atoms with E-state index in [1.165, 1.54) is 38.8 Å². The van der Waals surface area contributed by atoms with Crippen molar-refractivity contribution in [1.29, 1.82) is 0 Å². The fourth-order valence-electron chi connectivity index (χ4n) is 3.59. The number of carbonyl (C=O) groups is 1. The Morgan fingerprint density at radius 3 is 2.61 bits per heavy atom. The zero-order valence-electron chi connectivity index (χ0n) is 11.4. The number of fused-ring (bicyclic) bond motifs is 2. The zero-order valence-corrected chi connectivity index (χ0v) is 11.4. The predicted octanol–water partition coefficient (Wildman–Crippen LogP) is 1.56. The van der Waals surface area contributed by atoms with E-state index in [1.54, 1.807) is 0 Å². The van der Waals surface area contributed by atoms with Crippen LogP contribution in [0.4, 0.5) is 0 Å². The van der Waals surface area contributed by atoms with Crippen molar-refractivity contribution in [2.45, 2.75) is 45.1 Å². The molecule has 2 aliphatic rings. The molecule has 0 aromatic rings. The van der Waals surface area contributed by atoms with Gasteiger partial charge >= 0.3 is 5.97 Å². The van der Waals surface area contributed by atoms with Crippen LogP contribution in [0, 0.1) is 11.8 Å². The van der Waals surface area contributed by atoms with E-state index in [0.717, 1.165) is 31.3 Å². The van der Waals surface area contributed by atoms with Gasteiger partial charge in [0, 0.05) is 19.6 Å². The summed E-state index contributed by atoms with van der Waals surface area (Å²) in [5, 5.41) is 12.2. The van der Waals surface area contributed by atoms with Gasteiger partial charge < -0.3 is 15.3 Å². The Balaban J connectivity index is 1.77. The van der Waals surface area contributed by atoms with E-state index in [9.17, 15) is 4.79 Å². The van der Waals surface area contributed by atoms with Crippen LogP contribution in [0.3, 0.4) is 0 Å². The molecule has 0 spiro atoms. The van der Waals surface area contributed by atoms with Crippen molar-refractivity contribution in [2.24, 2.45) is 11.8 Å². The van der Waals surface area contributed by atoms with Gasteiger partial charge in [0.15, 0.2) is 0 Å². The van der Waals surface area contributed by atoms with Crippen LogP contribution in [0.25, 0.3) is 0 Å². The van der Waals surface area contributed by atoms with Crippen molar-refractivity contribution in [2.75, 3.05) is 26.2 Å². The largest absolute Gasteiger partial charge is 0.480 e. The molecule has 3 atom stereocenters. The van der Waals surface area contributed by atoms with E-state index in [2.05, 4.69) is 10.2 Å². The van der Waals surface area contributed by atoms with Gasteiger partial charge in [-0.2, -0.15) is 0 Å². The maximum absolute atomic E-state index is 11.1. The molecule has 4 nitrogen and oxygen atoms in total. The SMILES string of the molecule is CCNC(CCN1CC2CCCC(C2)C1)C(=O)O. The molecule has 0 aromatic heterocycles. The third-order valence-corrected chi connectivity index (χ3v) is 4.41. The summed E-state index contributed by atoms with van der Waals surface area (Å²) in [5.74, 6) is 1.04. The number of hydrogen-bond donors (Lipinski definition) is 2. The van der Waals surface area contributed by atoms with Gasteiger partial charge in [0.25, 0.3) is 0 Å². The number of aliphatic carboxylic acids is 1. The lowest BCUT2D eigenvalue weighted by Gasteiger charge is -2.41. The lowest BCUT2D eigenvalue weighted by atomic mass is 9.78. The molecule has 104 valence electrons. The number of nitrogens with zero attached hydrogens (tertiary/aromatic N) is 1. The van der Waals surface area contributed by atoms with Gasteiger partial charge in [0.05, 0.1) is 0 Å². The zero-order chi connectivity index (χ0) is 13.0. The van der Waals surface area contributed by atoms with Gasteiger partial charge in [0.2, 0.25) is 0 Å². The average Bonchev–Trinajstić information content (AvgIpc) is 2.33. The van der Waals surface area contributed by atoms with Gasteiger partial charge in [-0.3, -0.25) is 4.79 Å². The van der Waals surface area contributed by atoms with E-state index in [1.807, 2.05) is 6.92 Å². The molecule has 18 heavy (non-hydrogen) atoms. The highest BCUT2D eigenvalue weighted by atomic mass is 16.4. The molecular weight excluding hydrogens is 228 g/mol. The van der Waals surface area contributed by atoms with E-state index < -0.39 is 5.97 Å². The number of carboxylic acids is 1. The molecule has 1 aliphatic heterocycles. The highest BCUT2D eigenvalue weighted by molar-refractivity contribution is 5.73. The number of nitrogens with one attached hydrogen (secondary N) is 1. The first-order valence-electron chi connectivity index (χ1n) is 7.37. The average molecular weight is 254 g/mol. The van der Waals surface area contributed by atoms with Crippen LogP contribution in [0.5, 0.6) is 0 Å². The number of carboxylic acid groups (broad SMARTS) is 1. The number of likely N-dealkylation sites (tertiary alicyclic amines) is 1. The minimum absolute atomic E-state index is 0.378. The summed E-state index contributed by atoms with van der Waals surface area (Å²) >= 11 is 0. The molecule has 1 heterocycles. The molecule has 2 rings (SSSR count). The molecule has 1 aliphatic carbocycles. The number of likely N-dealkylation sites (N-methyl/N-ethyl adjacent to an activating group) is 1. The Morgan fingerprint density at radius 2 is 2.06 bits per heavy atom. The number of hydrogen-bond acceptors (Lipinski definition) is 3. The standard InChI is InChI=1S/C14H26N2O2/c1-2-15-13(14(17)18)6-7-16-9-11-4-3-5-12(8-11)10-16/h11-13,15H,2-10H2,1H3,(H,17,18). The Kier molecular flexibility index (Phi) is 5.01. The first kappa shape index (κ1) is 13.8. The molecule has 0 aromatic carbocycles. The fraction of sp³-hybridized carbons (Fsp3) is 0.929. The highest BCUT2D eigenvalue weighted by Gasteiger charge is 2.30. The minimum atomic E-state index is -0.714. The summed E-state index contributed by atoms with van der Waals surface area (Å²) in [7, 11) is 0. The van der Waals surface area contributed by atoms with Crippen LogP contribution < -0.4 is 5.32 Å². The van der Waals surface area contributed by atoms with Crippen LogP contribution in [0.2, 0.25) is 0 Å². The van der Waals surface area contributed by atoms with E-state index in [-0.39, 0.29) is 6.04 Å². The molecule has 1 saturated heterocycles. The molecule has 3 unspecified atom stereocenters. The fourth-order valence-corrected chi connectivity index (χ4v) is 3.59. The second-order valence-electron chi connectivity index (χ2n) is 5.90. The van der Waals surface area contributed by atoms with E-state index >= 15 is 0 Å². The Bertz CT molecular complexity index is 271. The minimum Gasteiger partial charge on any atom is -0.480 e. The molecular formula is C14H26N2O2. The molecule has 0 amide bonds. The van der Waals surface area contributed by atoms with Crippen molar-refractivity contribution < 1.29 is 9.90 Å². The normalized spacial score (nSPS) is 30.1. The monoisotopic (exact) mass is 254 g/mol. The molecule has 2 N–H and O–H groups in total. The molecule has 0 radical (unpaired) electrons. The Morgan fingerprint density at radius 1 is 1.39 bits per heavy atom. The van der Waals surface area contributed by atoms with Crippen LogP contribution in [0.15, 0.2) is 0 Å². The molecule has 2 fully saturated rings. The summed E-state index contributed by atoms with van der Waals surface area (Å²) in [4.78, 5) is 13.6. The smallest absolute Gasteiger partial charge is 0.320 e. The van der Waals surface area contributed by atoms with Crippen LogP contribution in [-0.2, 0) is 4.79 Å². The van der Waals surface area contributed by atoms with Crippen molar-refractivity contribution in [3.05, 3.63) is 0 Å². The van der Waals surface area contributed by atoms with E-state index in [0.29, 0.717) is 0 Å².